The Balaban J connectivity index is 2.42. The Morgan fingerprint density at radius 2 is 2.29 bits per heavy atom. The van der Waals surface area contributed by atoms with Gasteiger partial charge >= 0.3 is 0 Å². The van der Waals surface area contributed by atoms with Crippen molar-refractivity contribution in [2.24, 2.45) is 5.73 Å². The van der Waals surface area contributed by atoms with Crippen molar-refractivity contribution in [3.63, 3.8) is 0 Å². The van der Waals surface area contributed by atoms with Gasteiger partial charge in [-0.25, -0.2) is 8.42 Å². The van der Waals surface area contributed by atoms with E-state index in [-0.39, 0.29) is 17.8 Å². The maximum Gasteiger partial charge on any atom is 0.151 e. The molecule has 1 aliphatic heterocycles. The number of hydrogen-bond donors (Lipinski definition) is 2. The highest BCUT2D eigenvalue weighted by Gasteiger charge is 2.26. The predicted molar refractivity (Wildman–Crippen MR) is 68.8 cm³/mol. The Hall–Kier alpha value is -0.170. The predicted octanol–water partition coefficient (Wildman–Crippen LogP) is -0.0929. The third-order valence-corrected chi connectivity index (χ3v) is 4.88. The second-order valence-electron chi connectivity index (χ2n) is 4.70. The van der Waals surface area contributed by atoms with Crippen LogP contribution in [0.5, 0.6) is 0 Å². The van der Waals surface area contributed by atoms with Gasteiger partial charge in [0.15, 0.2) is 9.84 Å². The zero-order valence-corrected chi connectivity index (χ0v) is 11.3. The van der Waals surface area contributed by atoms with Crippen molar-refractivity contribution >= 4 is 9.84 Å². The molecular weight excluding hydrogens is 240 g/mol. The summed E-state index contributed by atoms with van der Waals surface area (Å²) in [6, 6.07) is 0.286. The molecule has 6 heteroatoms. The smallest absolute Gasteiger partial charge is 0.151 e. The first-order valence-electron chi connectivity index (χ1n) is 6.23. The topological polar surface area (TPSA) is 81.4 Å². The molecule has 17 heavy (non-hydrogen) atoms. The second kappa shape index (κ2) is 7.31. The minimum absolute atomic E-state index is 0.0756. The second-order valence-corrected chi connectivity index (χ2v) is 6.93. The van der Waals surface area contributed by atoms with E-state index in [0.717, 1.165) is 25.7 Å². The van der Waals surface area contributed by atoms with Crippen LogP contribution in [0.4, 0.5) is 0 Å². The summed E-state index contributed by atoms with van der Waals surface area (Å²) in [4.78, 5) is 0. The molecule has 0 aromatic carbocycles. The van der Waals surface area contributed by atoms with Crippen LogP contribution in [0, 0.1) is 0 Å². The zero-order valence-electron chi connectivity index (χ0n) is 10.5. The van der Waals surface area contributed by atoms with Crippen LogP contribution >= 0.6 is 0 Å². The molecule has 0 radical (unpaired) electrons. The van der Waals surface area contributed by atoms with E-state index in [2.05, 4.69) is 5.32 Å². The molecule has 1 aliphatic rings. The maximum atomic E-state index is 11.5. The van der Waals surface area contributed by atoms with Gasteiger partial charge in [0.05, 0.1) is 18.1 Å². The molecule has 1 fully saturated rings. The summed E-state index contributed by atoms with van der Waals surface area (Å²) in [6.07, 6.45) is 3.56. The number of methoxy groups -OCH3 is 1. The quantitative estimate of drug-likeness (QED) is 0.671. The SMILES string of the molecule is COCC(CCCN)NC1CCCS(=O)(=O)C1. The molecule has 2 unspecified atom stereocenters. The van der Waals surface area contributed by atoms with Crippen molar-refractivity contribution in [1.29, 1.82) is 0 Å². The average molecular weight is 264 g/mol. The van der Waals surface area contributed by atoms with Gasteiger partial charge in [0.2, 0.25) is 0 Å². The van der Waals surface area contributed by atoms with Crippen LogP contribution in [0.3, 0.4) is 0 Å². The molecule has 2 atom stereocenters. The van der Waals surface area contributed by atoms with Gasteiger partial charge in [-0.05, 0) is 32.2 Å². The van der Waals surface area contributed by atoms with Crippen LogP contribution in [-0.4, -0.2) is 52.3 Å². The van der Waals surface area contributed by atoms with Gasteiger partial charge in [-0.1, -0.05) is 0 Å². The van der Waals surface area contributed by atoms with Crippen molar-refractivity contribution in [3.05, 3.63) is 0 Å². The summed E-state index contributed by atoms with van der Waals surface area (Å²) < 4.78 is 28.2. The van der Waals surface area contributed by atoms with Crippen LogP contribution in [0.15, 0.2) is 0 Å². The van der Waals surface area contributed by atoms with E-state index < -0.39 is 9.84 Å². The number of ether oxygens (including phenoxy) is 1. The normalized spacial score (nSPS) is 25.6. The maximum absolute atomic E-state index is 11.5. The molecule has 1 saturated heterocycles. The van der Waals surface area contributed by atoms with Crippen LogP contribution < -0.4 is 11.1 Å². The Bertz CT molecular complexity index is 306. The molecule has 5 nitrogen and oxygen atoms in total. The van der Waals surface area contributed by atoms with Crippen molar-refractivity contribution in [2.75, 3.05) is 31.8 Å². The summed E-state index contributed by atoms with van der Waals surface area (Å²) in [6.45, 7) is 1.27. The zero-order chi connectivity index (χ0) is 12.7. The highest BCUT2D eigenvalue weighted by Crippen LogP contribution is 2.13. The standard InChI is InChI=1S/C11H24N2O3S/c1-16-8-10(4-2-6-12)13-11-5-3-7-17(14,15)9-11/h10-11,13H,2-9,12H2,1H3. The van der Waals surface area contributed by atoms with Crippen molar-refractivity contribution in [1.82, 2.24) is 5.32 Å². The largest absolute Gasteiger partial charge is 0.383 e. The average Bonchev–Trinajstić information content (AvgIpc) is 2.25. The van der Waals surface area contributed by atoms with Gasteiger partial charge in [-0.3, -0.25) is 0 Å². The van der Waals surface area contributed by atoms with Gasteiger partial charge in [0.25, 0.3) is 0 Å². The lowest BCUT2D eigenvalue weighted by molar-refractivity contribution is 0.155. The van der Waals surface area contributed by atoms with E-state index >= 15 is 0 Å². The van der Waals surface area contributed by atoms with E-state index in [1.165, 1.54) is 0 Å². The summed E-state index contributed by atoms with van der Waals surface area (Å²) in [5, 5.41) is 3.39. The highest BCUT2D eigenvalue weighted by atomic mass is 32.2. The Labute approximate surface area is 104 Å². The molecule has 1 heterocycles. The first-order chi connectivity index (χ1) is 8.07. The third-order valence-electron chi connectivity index (χ3n) is 3.06. The third kappa shape index (κ3) is 5.81. The summed E-state index contributed by atoms with van der Waals surface area (Å²) in [5.41, 5.74) is 5.48. The molecule has 3 N–H and O–H groups in total. The fraction of sp³-hybridized carbons (Fsp3) is 1.00. The highest BCUT2D eigenvalue weighted by molar-refractivity contribution is 7.91. The lowest BCUT2D eigenvalue weighted by atomic mass is 10.1. The van der Waals surface area contributed by atoms with Gasteiger partial charge in [-0.2, -0.15) is 0 Å². The van der Waals surface area contributed by atoms with Gasteiger partial charge < -0.3 is 15.8 Å². The van der Waals surface area contributed by atoms with E-state index in [9.17, 15) is 8.42 Å². The lowest BCUT2D eigenvalue weighted by Crippen LogP contribution is -2.47. The van der Waals surface area contributed by atoms with Crippen molar-refractivity contribution in [2.45, 2.75) is 37.8 Å². The Morgan fingerprint density at radius 3 is 2.88 bits per heavy atom. The molecular formula is C11H24N2O3S. The molecule has 1 rings (SSSR count). The van der Waals surface area contributed by atoms with E-state index in [1.54, 1.807) is 7.11 Å². The number of nitrogens with two attached hydrogens (primary N) is 1. The van der Waals surface area contributed by atoms with Crippen molar-refractivity contribution in [3.8, 4) is 0 Å². The molecule has 0 bridgehead atoms. The van der Waals surface area contributed by atoms with Gasteiger partial charge in [0.1, 0.15) is 0 Å². The Morgan fingerprint density at radius 1 is 1.53 bits per heavy atom. The Kier molecular flexibility index (Phi) is 6.40. The molecule has 0 aromatic rings. The number of rotatable bonds is 7. The minimum atomic E-state index is -2.84. The number of sulfone groups is 1. The van der Waals surface area contributed by atoms with Crippen LogP contribution in [0.2, 0.25) is 0 Å². The first-order valence-corrected chi connectivity index (χ1v) is 8.05. The monoisotopic (exact) mass is 264 g/mol. The molecule has 0 saturated carbocycles. The van der Waals surface area contributed by atoms with Crippen LogP contribution in [0.1, 0.15) is 25.7 Å². The van der Waals surface area contributed by atoms with E-state index in [0.29, 0.717) is 18.9 Å². The molecule has 0 amide bonds. The number of nitrogens with one attached hydrogen (secondary N) is 1. The van der Waals surface area contributed by atoms with Crippen molar-refractivity contribution < 1.29 is 13.2 Å². The lowest BCUT2D eigenvalue weighted by Gasteiger charge is -2.28. The first kappa shape index (κ1) is 14.9. The molecule has 0 aromatic heterocycles. The van der Waals surface area contributed by atoms with Crippen LogP contribution in [0.25, 0.3) is 0 Å². The minimum Gasteiger partial charge on any atom is -0.383 e. The van der Waals surface area contributed by atoms with Crippen LogP contribution in [-0.2, 0) is 14.6 Å². The van der Waals surface area contributed by atoms with E-state index in [4.69, 9.17) is 10.5 Å². The molecule has 102 valence electrons. The summed E-state index contributed by atoms with van der Waals surface area (Å²) in [7, 11) is -1.18. The van der Waals surface area contributed by atoms with E-state index in [1.807, 2.05) is 0 Å². The number of hydrogen-bond acceptors (Lipinski definition) is 5. The summed E-state index contributed by atoms with van der Waals surface area (Å²) >= 11 is 0. The molecule has 0 spiro atoms. The summed E-state index contributed by atoms with van der Waals surface area (Å²) in [5.74, 6) is 0.596. The fourth-order valence-corrected chi connectivity index (χ4v) is 3.92. The fourth-order valence-electron chi connectivity index (χ4n) is 2.27. The van der Waals surface area contributed by atoms with Gasteiger partial charge in [-0.15, -0.1) is 0 Å². The molecule has 0 aliphatic carbocycles. The van der Waals surface area contributed by atoms with Gasteiger partial charge in [0, 0.05) is 19.2 Å².